The first kappa shape index (κ1) is 23.3. The Balaban J connectivity index is 1.54. The molecule has 0 aliphatic carbocycles. The number of hydrazone groups is 1. The van der Waals surface area contributed by atoms with Crippen LogP contribution in [0.1, 0.15) is 16.7 Å². The van der Waals surface area contributed by atoms with E-state index in [1.807, 2.05) is 37.3 Å². The molecule has 34 heavy (non-hydrogen) atoms. The minimum Gasteiger partial charge on any atom is -0.493 e. The van der Waals surface area contributed by atoms with Gasteiger partial charge in [0.2, 0.25) is 0 Å². The number of hydrogen-bond donors (Lipinski definition) is 1. The highest BCUT2D eigenvalue weighted by Gasteiger charge is 2.32. The van der Waals surface area contributed by atoms with Crippen LogP contribution in [0.3, 0.4) is 0 Å². The molecule has 174 valence electrons. The van der Waals surface area contributed by atoms with Crippen LogP contribution in [0.2, 0.25) is 0 Å². The van der Waals surface area contributed by atoms with Crippen LogP contribution < -0.4 is 14.2 Å². The predicted octanol–water partition coefficient (Wildman–Crippen LogP) is 4.44. The van der Waals surface area contributed by atoms with Gasteiger partial charge in [0.25, 0.3) is 5.91 Å². The van der Waals surface area contributed by atoms with Crippen molar-refractivity contribution in [3.8, 4) is 17.2 Å². The predicted molar refractivity (Wildman–Crippen MR) is 135 cm³/mol. The lowest BCUT2D eigenvalue weighted by atomic mass is 10.0. The number of methoxy groups -OCH3 is 1. The third kappa shape index (κ3) is 5.04. The number of aliphatic imine (C=N–C) groups is 1. The number of rotatable bonds is 9. The van der Waals surface area contributed by atoms with E-state index < -0.39 is 5.91 Å². The minimum atomic E-state index is -0.480. The van der Waals surface area contributed by atoms with Gasteiger partial charge in [0.05, 0.1) is 18.2 Å². The molecule has 0 unspecified atom stereocenters. The lowest BCUT2D eigenvalue weighted by Gasteiger charge is -2.21. The first-order valence-corrected chi connectivity index (χ1v) is 11.4. The topological polar surface area (TPSA) is 96.6 Å². The van der Waals surface area contributed by atoms with Crippen LogP contribution in [0.4, 0.5) is 0 Å². The fraction of sp³-hybridized carbons (Fsp3) is 0.200. The molecule has 0 spiro atoms. The summed E-state index contributed by atoms with van der Waals surface area (Å²) >= 11 is 1.21. The number of carbonyl (C=O) groups excluding carboxylic acids is 1. The van der Waals surface area contributed by atoms with E-state index in [0.717, 1.165) is 11.3 Å². The van der Waals surface area contributed by atoms with Crippen molar-refractivity contribution >= 4 is 40.3 Å². The molecule has 4 rings (SSSR count). The summed E-state index contributed by atoms with van der Waals surface area (Å²) in [6.07, 6.45) is 3.91. The summed E-state index contributed by atoms with van der Waals surface area (Å²) < 4.78 is 17.4. The van der Waals surface area contributed by atoms with Crippen molar-refractivity contribution in [2.75, 3.05) is 20.3 Å². The lowest BCUT2D eigenvalue weighted by Crippen LogP contribution is -2.35. The van der Waals surface area contributed by atoms with Gasteiger partial charge in [-0.1, -0.05) is 23.8 Å². The quantitative estimate of drug-likeness (QED) is 0.327. The molecule has 1 N–H and O–H groups in total. The van der Waals surface area contributed by atoms with Crippen LogP contribution in [0.25, 0.3) is 6.08 Å². The number of fused-ring (bicyclic) bond motifs is 1. The second-order valence-electron chi connectivity index (χ2n) is 7.47. The first-order chi connectivity index (χ1) is 16.5. The maximum absolute atomic E-state index is 12.5. The highest BCUT2D eigenvalue weighted by Crippen LogP contribution is 2.35. The number of carbonyl (C=O) groups is 1. The van der Waals surface area contributed by atoms with E-state index in [0.29, 0.717) is 41.9 Å². The number of allylic oxidation sites excluding steroid dienone is 1. The van der Waals surface area contributed by atoms with Crippen LogP contribution in [-0.2, 0) is 11.2 Å². The van der Waals surface area contributed by atoms with Crippen molar-refractivity contribution in [3.05, 3.63) is 71.3 Å². The van der Waals surface area contributed by atoms with E-state index in [9.17, 15) is 4.79 Å². The third-order valence-electron chi connectivity index (χ3n) is 5.07. The zero-order valence-corrected chi connectivity index (χ0v) is 19.7. The van der Waals surface area contributed by atoms with Crippen molar-refractivity contribution in [2.24, 2.45) is 10.1 Å². The van der Waals surface area contributed by atoms with Gasteiger partial charge < -0.3 is 14.2 Å². The van der Waals surface area contributed by atoms with E-state index in [1.54, 1.807) is 30.9 Å². The molecule has 2 aromatic carbocycles. The molecule has 2 aliphatic heterocycles. The van der Waals surface area contributed by atoms with E-state index in [4.69, 9.17) is 19.6 Å². The first-order valence-electron chi connectivity index (χ1n) is 10.6. The van der Waals surface area contributed by atoms with Gasteiger partial charge in [-0.3, -0.25) is 10.2 Å². The minimum absolute atomic E-state index is 0.0194. The normalized spacial score (nSPS) is 15.9. The molecule has 2 aromatic rings. The van der Waals surface area contributed by atoms with E-state index in [-0.39, 0.29) is 11.4 Å². The highest BCUT2D eigenvalue weighted by atomic mass is 32.2. The molecule has 1 amide bonds. The number of benzene rings is 2. The van der Waals surface area contributed by atoms with Crippen LogP contribution >= 0.6 is 11.8 Å². The van der Waals surface area contributed by atoms with E-state index >= 15 is 0 Å². The molecular weight excluding hydrogens is 452 g/mol. The average Bonchev–Trinajstić information content (AvgIpc) is 3.30. The second-order valence-corrected chi connectivity index (χ2v) is 8.28. The Bertz CT molecular complexity index is 1220. The molecule has 0 saturated heterocycles. The molecule has 2 aliphatic rings. The Kier molecular flexibility index (Phi) is 7.12. The Morgan fingerprint density at radius 3 is 2.68 bits per heavy atom. The molecule has 0 bridgehead atoms. The number of nitrogens with zero attached hydrogens (tertiary/aromatic N) is 3. The van der Waals surface area contributed by atoms with Gasteiger partial charge >= 0.3 is 0 Å². The van der Waals surface area contributed by atoms with Crippen molar-refractivity contribution in [1.82, 2.24) is 5.01 Å². The van der Waals surface area contributed by atoms with Crippen LogP contribution in [0.5, 0.6) is 17.2 Å². The number of nitrogens with one attached hydrogen (secondary N) is 1. The summed E-state index contributed by atoms with van der Waals surface area (Å²) in [5.74, 6) is 1.37. The molecule has 9 heteroatoms. The molecule has 8 nitrogen and oxygen atoms in total. The number of aryl methyl sites for hydroxylation is 1. The van der Waals surface area contributed by atoms with Gasteiger partial charge in [-0.15, -0.1) is 6.58 Å². The van der Waals surface area contributed by atoms with Crippen molar-refractivity contribution in [1.29, 1.82) is 5.41 Å². The zero-order valence-electron chi connectivity index (χ0n) is 18.9. The SMILES string of the molecule is C=CCc1cc(C=C2C(=N)N3N=CSC3=NC2=O)cc(OC)c1OCCOc1ccc(C)cc1. The summed E-state index contributed by atoms with van der Waals surface area (Å²) in [5.41, 5.74) is 4.38. The zero-order chi connectivity index (χ0) is 24.1. The van der Waals surface area contributed by atoms with Crippen LogP contribution in [0, 0.1) is 12.3 Å². The van der Waals surface area contributed by atoms with Crippen LogP contribution in [0.15, 0.2) is 64.7 Å². The third-order valence-corrected chi connectivity index (χ3v) is 5.74. The summed E-state index contributed by atoms with van der Waals surface area (Å²) in [4.78, 5) is 16.5. The Morgan fingerprint density at radius 2 is 1.94 bits per heavy atom. The second kappa shape index (κ2) is 10.4. The lowest BCUT2D eigenvalue weighted by molar-refractivity contribution is -0.114. The number of amides is 1. The van der Waals surface area contributed by atoms with E-state index in [2.05, 4.69) is 16.7 Å². The van der Waals surface area contributed by atoms with Gasteiger partial charge in [-0.2, -0.15) is 15.1 Å². The monoisotopic (exact) mass is 476 g/mol. The molecule has 0 fully saturated rings. The molecule has 0 aromatic heterocycles. The number of hydrogen-bond acceptors (Lipinski definition) is 7. The smallest absolute Gasteiger partial charge is 0.283 e. The number of ether oxygens (including phenoxy) is 3. The number of thioether (sulfide) groups is 1. The fourth-order valence-corrected chi connectivity index (χ4v) is 4.04. The summed E-state index contributed by atoms with van der Waals surface area (Å²) in [6.45, 7) is 6.55. The van der Waals surface area contributed by atoms with E-state index in [1.165, 1.54) is 22.3 Å². The van der Waals surface area contributed by atoms with Crippen molar-refractivity contribution in [2.45, 2.75) is 13.3 Å². The van der Waals surface area contributed by atoms with Gasteiger partial charge in [0.15, 0.2) is 22.5 Å². The maximum Gasteiger partial charge on any atom is 0.283 e. The maximum atomic E-state index is 12.5. The molecule has 2 heterocycles. The Labute approximate surface area is 202 Å². The fourth-order valence-electron chi connectivity index (χ4n) is 3.43. The summed E-state index contributed by atoms with van der Waals surface area (Å²) in [5, 5.41) is 14.2. The molecule has 0 atom stereocenters. The van der Waals surface area contributed by atoms with Gasteiger partial charge in [-0.05, 0) is 61.0 Å². The van der Waals surface area contributed by atoms with Gasteiger partial charge in [-0.25, -0.2) is 0 Å². The molecular formula is C25H24N4O4S. The average molecular weight is 477 g/mol. The Hall–Kier alpha value is -3.85. The largest absolute Gasteiger partial charge is 0.493 e. The van der Waals surface area contributed by atoms with Crippen LogP contribution in [-0.4, -0.2) is 47.8 Å². The highest BCUT2D eigenvalue weighted by molar-refractivity contribution is 8.25. The molecule has 0 saturated carbocycles. The summed E-state index contributed by atoms with van der Waals surface area (Å²) in [6, 6.07) is 11.5. The van der Waals surface area contributed by atoms with Gasteiger partial charge in [0.1, 0.15) is 19.0 Å². The van der Waals surface area contributed by atoms with Crippen molar-refractivity contribution < 1.29 is 19.0 Å². The van der Waals surface area contributed by atoms with Crippen molar-refractivity contribution in [3.63, 3.8) is 0 Å². The standard InChI is InChI=1S/C25H24N4O4S/c1-4-5-18-12-17(13-20-23(26)29-25(28-24(20)30)34-15-27-29)14-21(31-3)22(18)33-11-10-32-19-8-6-16(2)7-9-19/h4,6-9,12-15,26H,1,5,10-11H2,2-3H3. The number of amidine groups is 2. The Morgan fingerprint density at radius 1 is 1.18 bits per heavy atom. The van der Waals surface area contributed by atoms with Gasteiger partial charge in [0, 0.05) is 5.56 Å². The molecule has 0 radical (unpaired) electrons. The summed E-state index contributed by atoms with van der Waals surface area (Å²) in [7, 11) is 1.56.